The maximum atomic E-state index is 14.1. The number of nitrogens with zero attached hydrogens (tertiary/aromatic N) is 1. The molecule has 0 fully saturated rings. The van der Waals surface area contributed by atoms with Gasteiger partial charge in [0.25, 0.3) is 11.5 Å². The highest BCUT2D eigenvalue weighted by atomic mass is 35.5. The second kappa shape index (κ2) is 4.61. The van der Waals surface area contributed by atoms with E-state index in [2.05, 4.69) is 15.3 Å². The largest absolute Gasteiger partial charge is 0.481 e. The average Bonchev–Trinajstić information content (AvgIpc) is 2.42. The van der Waals surface area contributed by atoms with Gasteiger partial charge in [-0.2, -0.15) is 0 Å². The summed E-state index contributed by atoms with van der Waals surface area (Å²) >= 11 is 5.82. The number of amides is 1. The van der Waals surface area contributed by atoms with Crippen molar-refractivity contribution in [1.29, 1.82) is 0 Å². The summed E-state index contributed by atoms with van der Waals surface area (Å²) in [4.78, 5) is 28.8. The lowest BCUT2D eigenvalue weighted by Crippen LogP contribution is -2.25. The number of hydrogen-bond donors (Lipinski definition) is 2. The van der Waals surface area contributed by atoms with Gasteiger partial charge in [-0.25, -0.2) is 9.37 Å². The van der Waals surface area contributed by atoms with Crippen molar-refractivity contribution in [1.82, 2.24) is 9.97 Å². The maximum Gasteiger partial charge on any atom is 0.270 e. The molecule has 1 aromatic carbocycles. The van der Waals surface area contributed by atoms with Crippen molar-refractivity contribution < 1.29 is 13.9 Å². The van der Waals surface area contributed by atoms with Crippen molar-refractivity contribution in [3.05, 3.63) is 39.7 Å². The van der Waals surface area contributed by atoms with Crippen molar-refractivity contribution in [2.24, 2.45) is 0 Å². The molecule has 0 bridgehead atoms. The van der Waals surface area contributed by atoms with Crippen LogP contribution in [-0.4, -0.2) is 22.5 Å². The Labute approximate surface area is 116 Å². The van der Waals surface area contributed by atoms with Gasteiger partial charge in [0, 0.05) is 11.6 Å². The van der Waals surface area contributed by atoms with Crippen LogP contribution in [-0.2, 0) is 4.79 Å². The summed E-state index contributed by atoms with van der Waals surface area (Å²) in [6.07, 6.45) is 1.12. The molecular weight excluding hydrogens is 289 g/mol. The van der Waals surface area contributed by atoms with Crippen molar-refractivity contribution in [2.45, 2.75) is 0 Å². The van der Waals surface area contributed by atoms with E-state index in [9.17, 15) is 14.0 Å². The minimum Gasteiger partial charge on any atom is -0.481 e. The number of halogens is 2. The van der Waals surface area contributed by atoms with E-state index in [1.165, 1.54) is 6.07 Å². The van der Waals surface area contributed by atoms with Gasteiger partial charge < -0.3 is 15.0 Å². The molecule has 0 unspecified atom stereocenters. The number of carbonyl (C=O) groups is 1. The molecule has 0 spiro atoms. The minimum absolute atomic E-state index is 0.00413. The number of hydrogen-bond acceptors (Lipinski definition) is 4. The van der Waals surface area contributed by atoms with Crippen LogP contribution in [0.1, 0.15) is 0 Å². The topological polar surface area (TPSA) is 84.1 Å². The van der Waals surface area contributed by atoms with Crippen molar-refractivity contribution >= 4 is 23.2 Å². The quantitative estimate of drug-likeness (QED) is 0.836. The van der Waals surface area contributed by atoms with Crippen LogP contribution in [0.15, 0.2) is 23.3 Å². The summed E-state index contributed by atoms with van der Waals surface area (Å²) in [5.41, 5.74) is -0.272. The molecule has 1 aromatic heterocycles. The monoisotopic (exact) mass is 295 g/mol. The van der Waals surface area contributed by atoms with Crippen LogP contribution < -0.4 is 15.6 Å². The molecule has 1 amide bonds. The lowest BCUT2D eigenvalue weighted by atomic mass is 10.1. The van der Waals surface area contributed by atoms with Gasteiger partial charge in [-0.1, -0.05) is 11.6 Å². The molecule has 2 aromatic rings. The van der Waals surface area contributed by atoms with E-state index in [1.54, 1.807) is 0 Å². The van der Waals surface area contributed by atoms with Gasteiger partial charge in [-0.3, -0.25) is 9.59 Å². The van der Waals surface area contributed by atoms with Crippen LogP contribution in [0, 0.1) is 5.82 Å². The van der Waals surface area contributed by atoms with Crippen LogP contribution in [0.2, 0.25) is 5.02 Å². The van der Waals surface area contributed by atoms with Gasteiger partial charge >= 0.3 is 0 Å². The van der Waals surface area contributed by atoms with Crippen molar-refractivity contribution in [3.63, 3.8) is 0 Å². The smallest absolute Gasteiger partial charge is 0.270 e. The number of nitrogens with one attached hydrogen (secondary N) is 2. The molecular formula is C12H7ClFN3O3. The first-order chi connectivity index (χ1) is 9.56. The Morgan fingerprint density at radius 1 is 1.35 bits per heavy atom. The third kappa shape index (κ3) is 2.01. The molecule has 102 valence electrons. The van der Waals surface area contributed by atoms with Crippen molar-refractivity contribution in [2.75, 3.05) is 11.9 Å². The molecule has 2 heterocycles. The molecule has 1 aliphatic rings. The highest BCUT2D eigenvalue weighted by molar-refractivity contribution is 6.32. The molecule has 0 radical (unpaired) electrons. The second-order valence-electron chi connectivity index (χ2n) is 4.06. The summed E-state index contributed by atoms with van der Waals surface area (Å²) in [5.74, 6) is -0.785. The number of aromatic amines is 1. The Balaban J connectivity index is 2.19. The summed E-state index contributed by atoms with van der Waals surface area (Å²) in [6, 6.07) is 2.44. The van der Waals surface area contributed by atoms with E-state index in [-0.39, 0.29) is 34.5 Å². The normalized spacial score (nSPS) is 13.4. The fourth-order valence-electron chi connectivity index (χ4n) is 1.85. The van der Waals surface area contributed by atoms with Crippen LogP contribution >= 0.6 is 11.6 Å². The number of H-pyrrole nitrogens is 1. The van der Waals surface area contributed by atoms with Crippen LogP contribution in [0.4, 0.5) is 10.1 Å². The molecule has 20 heavy (non-hydrogen) atoms. The third-order valence-electron chi connectivity index (χ3n) is 2.75. The zero-order valence-electron chi connectivity index (χ0n) is 9.87. The van der Waals surface area contributed by atoms with E-state index < -0.39 is 11.4 Å². The molecule has 6 nitrogen and oxygen atoms in total. The van der Waals surface area contributed by atoms with E-state index in [0.29, 0.717) is 5.69 Å². The molecule has 8 heteroatoms. The molecule has 3 rings (SSSR count). The van der Waals surface area contributed by atoms with Gasteiger partial charge in [-0.15, -0.1) is 0 Å². The standard InChI is InChI=1S/C12H7ClFN3O3/c13-10-11(15-4-16-12(10)19)5-1-7-8(2-6(5)14)20-3-9(18)17-7/h1-2,4H,3H2,(H,17,18)(H,15,16,19). The van der Waals surface area contributed by atoms with Gasteiger partial charge in [-0.05, 0) is 6.07 Å². The number of rotatable bonds is 1. The molecule has 0 saturated heterocycles. The van der Waals surface area contributed by atoms with E-state index >= 15 is 0 Å². The first-order valence-corrected chi connectivity index (χ1v) is 5.94. The van der Waals surface area contributed by atoms with Crippen molar-refractivity contribution in [3.8, 4) is 17.0 Å². The molecule has 1 aliphatic heterocycles. The fraction of sp³-hybridized carbons (Fsp3) is 0.0833. The first-order valence-electron chi connectivity index (χ1n) is 5.56. The van der Waals surface area contributed by atoms with Crippen LogP contribution in [0.5, 0.6) is 5.75 Å². The highest BCUT2D eigenvalue weighted by Crippen LogP contribution is 2.35. The minimum atomic E-state index is -0.653. The predicted octanol–water partition coefficient (Wildman–Crippen LogP) is 1.56. The van der Waals surface area contributed by atoms with E-state index in [4.69, 9.17) is 16.3 Å². The van der Waals surface area contributed by atoms with Gasteiger partial charge in [0.2, 0.25) is 0 Å². The lowest BCUT2D eigenvalue weighted by molar-refractivity contribution is -0.118. The Bertz CT molecular complexity index is 775. The van der Waals surface area contributed by atoms with Crippen LogP contribution in [0.25, 0.3) is 11.3 Å². The highest BCUT2D eigenvalue weighted by Gasteiger charge is 2.21. The number of fused-ring (bicyclic) bond motifs is 1. The Kier molecular flexibility index (Phi) is 2.90. The Morgan fingerprint density at radius 2 is 2.15 bits per heavy atom. The molecule has 0 atom stereocenters. The first kappa shape index (κ1) is 12.6. The zero-order valence-corrected chi connectivity index (χ0v) is 10.6. The summed E-state index contributed by atoms with van der Waals surface area (Å²) < 4.78 is 19.2. The number of carbonyl (C=O) groups excluding carboxylic acids is 1. The lowest BCUT2D eigenvalue weighted by Gasteiger charge is -2.19. The number of ether oxygens (including phenoxy) is 1. The Morgan fingerprint density at radius 3 is 2.95 bits per heavy atom. The summed E-state index contributed by atoms with van der Waals surface area (Å²) in [6.45, 7) is -0.171. The number of benzene rings is 1. The second-order valence-corrected chi connectivity index (χ2v) is 4.44. The maximum absolute atomic E-state index is 14.1. The fourth-order valence-corrected chi connectivity index (χ4v) is 2.06. The summed E-state index contributed by atoms with van der Waals surface area (Å²) in [7, 11) is 0. The number of aromatic nitrogens is 2. The predicted molar refractivity (Wildman–Crippen MR) is 69.4 cm³/mol. The van der Waals surface area contributed by atoms with Gasteiger partial charge in [0.05, 0.1) is 17.7 Å². The average molecular weight is 296 g/mol. The molecule has 0 aliphatic carbocycles. The van der Waals surface area contributed by atoms with Gasteiger partial charge in [0.1, 0.15) is 16.6 Å². The SMILES string of the molecule is O=C1COc2cc(F)c(-c3nc[nH]c(=O)c3Cl)cc2N1. The van der Waals surface area contributed by atoms with E-state index in [0.717, 1.165) is 12.4 Å². The summed E-state index contributed by atoms with van der Waals surface area (Å²) in [5, 5.41) is 2.32. The van der Waals surface area contributed by atoms with E-state index in [1.807, 2.05) is 0 Å². The van der Waals surface area contributed by atoms with Crippen LogP contribution in [0.3, 0.4) is 0 Å². The molecule has 2 N–H and O–H groups in total. The third-order valence-corrected chi connectivity index (χ3v) is 3.10. The number of anilines is 1. The van der Waals surface area contributed by atoms with Gasteiger partial charge in [0.15, 0.2) is 6.61 Å². The zero-order chi connectivity index (χ0) is 14.3. The Hall–Kier alpha value is -2.41. The molecule has 0 saturated carbocycles.